The second kappa shape index (κ2) is 5.52. The van der Waals surface area contributed by atoms with Crippen molar-refractivity contribution in [2.45, 2.75) is 25.8 Å². The van der Waals surface area contributed by atoms with Gasteiger partial charge in [0.1, 0.15) is 6.04 Å². The topological polar surface area (TPSA) is 75.3 Å². The summed E-state index contributed by atoms with van der Waals surface area (Å²) < 4.78 is 0.708. The van der Waals surface area contributed by atoms with Crippen molar-refractivity contribution in [1.29, 1.82) is 0 Å². The number of carbonyl (C=O) groups is 3. The summed E-state index contributed by atoms with van der Waals surface area (Å²) in [5.74, 6) is -1.08. The van der Waals surface area contributed by atoms with Gasteiger partial charge >= 0.3 is 0 Å². The number of halogens is 1. The summed E-state index contributed by atoms with van der Waals surface area (Å²) in [6, 6.07) is 4.68. The third-order valence-electron chi connectivity index (χ3n) is 2.98. The van der Waals surface area contributed by atoms with Crippen molar-refractivity contribution in [2.24, 2.45) is 0 Å². The number of benzene rings is 1. The number of nitrogens with one attached hydrogen (secondary N) is 2. The van der Waals surface area contributed by atoms with E-state index in [-0.39, 0.29) is 18.2 Å². The van der Waals surface area contributed by atoms with E-state index in [9.17, 15) is 14.4 Å². The molecule has 1 heterocycles. The zero-order valence-corrected chi connectivity index (χ0v) is 11.9. The van der Waals surface area contributed by atoms with E-state index in [0.29, 0.717) is 16.5 Å². The van der Waals surface area contributed by atoms with Crippen LogP contribution in [0.4, 0.5) is 0 Å². The van der Waals surface area contributed by atoms with Crippen LogP contribution in [0.15, 0.2) is 22.7 Å². The molecule has 3 amide bonds. The van der Waals surface area contributed by atoms with Crippen LogP contribution in [0, 0.1) is 6.92 Å². The zero-order chi connectivity index (χ0) is 14.0. The molecule has 1 aliphatic rings. The first-order valence-electron chi connectivity index (χ1n) is 5.88. The molecule has 0 radical (unpaired) electrons. The highest BCUT2D eigenvalue weighted by atomic mass is 79.9. The lowest BCUT2D eigenvalue weighted by Gasteiger charge is -2.22. The van der Waals surface area contributed by atoms with Crippen LogP contribution < -0.4 is 10.6 Å². The zero-order valence-electron chi connectivity index (χ0n) is 10.3. The lowest BCUT2D eigenvalue weighted by atomic mass is 10.1. The first kappa shape index (κ1) is 13.7. The summed E-state index contributed by atoms with van der Waals surface area (Å²) >= 11 is 3.35. The van der Waals surface area contributed by atoms with Crippen LogP contribution in [0.25, 0.3) is 0 Å². The van der Waals surface area contributed by atoms with E-state index in [0.717, 1.165) is 5.56 Å². The Morgan fingerprint density at radius 1 is 1.42 bits per heavy atom. The number of aryl methyl sites for hydroxylation is 1. The number of piperidine rings is 1. The summed E-state index contributed by atoms with van der Waals surface area (Å²) in [6.45, 7) is 1.88. The lowest BCUT2D eigenvalue weighted by Crippen LogP contribution is -2.52. The highest BCUT2D eigenvalue weighted by molar-refractivity contribution is 9.10. The van der Waals surface area contributed by atoms with Crippen molar-refractivity contribution in [1.82, 2.24) is 10.6 Å². The van der Waals surface area contributed by atoms with Crippen LogP contribution in [-0.2, 0) is 9.59 Å². The molecule has 0 spiro atoms. The van der Waals surface area contributed by atoms with Crippen LogP contribution in [0.2, 0.25) is 0 Å². The number of carbonyl (C=O) groups excluding carboxylic acids is 3. The molecule has 1 aromatic rings. The minimum absolute atomic E-state index is 0.242. The van der Waals surface area contributed by atoms with Crippen LogP contribution in [-0.4, -0.2) is 23.8 Å². The van der Waals surface area contributed by atoms with Crippen LogP contribution in [0.5, 0.6) is 0 Å². The maximum atomic E-state index is 12.1. The van der Waals surface area contributed by atoms with Crippen LogP contribution >= 0.6 is 15.9 Å². The van der Waals surface area contributed by atoms with Crippen molar-refractivity contribution in [3.63, 3.8) is 0 Å². The molecular weight excluding hydrogens is 312 g/mol. The molecule has 2 N–H and O–H groups in total. The van der Waals surface area contributed by atoms with Crippen molar-refractivity contribution in [2.75, 3.05) is 0 Å². The smallest absolute Gasteiger partial charge is 0.253 e. The Labute approximate surface area is 118 Å². The Hall–Kier alpha value is -1.69. The third-order valence-corrected chi connectivity index (χ3v) is 4.03. The summed E-state index contributed by atoms with van der Waals surface area (Å²) in [5, 5.41) is 4.85. The molecule has 2 rings (SSSR count). The fourth-order valence-corrected chi connectivity index (χ4v) is 2.33. The van der Waals surface area contributed by atoms with E-state index >= 15 is 0 Å². The largest absolute Gasteiger partial charge is 0.340 e. The maximum absolute atomic E-state index is 12.1. The summed E-state index contributed by atoms with van der Waals surface area (Å²) in [7, 11) is 0. The predicted octanol–water partition coefficient (Wildman–Crippen LogP) is 1.29. The van der Waals surface area contributed by atoms with Gasteiger partial charge in [-0.1, -0.05) is 12.1 Å². The molecule has 1 unspecified atom stereocenters. The number of hydrogen-bond donors (Lipinski definition) is 2. The molecule has 1 fully saturated rings. The highest BCUT2D eigenvalue weighted by Crippen LogP contribution is 2.21. The van der Waals surface area contributed by atoms with E-state index < -0.39 is 11.9 Å². The van der Waals surface area contributed by atoms with Gasteiger partial charge < -0.3 is 5.32 Å². The Balaban J connectivity index is 2.11. The SMILES string of the molecule is Cc1cccc(C(=O)NC2CCC(=O)NC2=O)c1Br. The molecule has 1 aromatic carbocycles. The Morgan fingerprint density at radius 2 is 2.16 bits per heavy atom. The molecule has 1 saturated heterocycles. The van der Waals surface area contributed by atoms with Crippen LogP contribution in [0.1, 0.15) is 28.8 Å². The van der Waals surface area contributed by atoms with Gasteiger partial charge in [0.25, 0.3) is 5.91 Å². The van der Waals surface area contributed by atoms with E-state index in [4.69, 9.17) is 0 Å². The summed E-state index contributed by atoms with van der Waals surface area (Å²) in [5.41, 5.74) is 1.42. The monoisotopic (exact) mass is 324 g/mol. The fourth-order valence-electron chi connectivity index (χ4n) is 1.89. The first-order valence-corrected chi connectivity index (χ1v) is 6.68. The maximum Gasteiger partial charge on any atom is 0.253 e. The molecule has 1 atom stereocenters. The molecule has 6 heteroatoms. The van der Waals surface area contributed by atoms with Crippen molar-refractivity contribution < 1.29 is 14.4 Å². The molecule has 0 aliphatic carbocycles. The van der Waals surface area contributed by atoms with Gasteiger partial charge in [0.05, 0.1) is 5.56 Å². The second-order valence-corrected chi connectivity index (χ2v) is 5.21. The molecule has 19 heavy (non-hydrogen) atoms. The second-order valence-electron chi connectivity index (χ2n) is 4.41. The molecule has 0 bridgehead atoms. The van der Waals surface area contributed by atoms with Gasteiger partial charge in [-0.05, 0) is 40.9 Å². The standard InChI is InChI=1S/C13H13BrN2O3/c1-7-3-2-4-8(11(7)14)12(18)15-9-5-6-10(17)16-13(9)19/h2-4,9H,5-6H2,1H3,(H,15,18)(H,16,17,19). The van der Waals surface area contributed by atoms with Gasteiger partial charge in [0, 0.05) is 10.9 Å². The molecule has 0 saturated carbocycles. The number of imide groups is 1. The Morgan fingerprint density at radius 3 is 2.84 bits per heavy atom. The van der Waals surface area contributed by atoms with E-state index in [1.54, 1.807) is 12.1 Å². The van der Waals surface area contributed by atoms with E-state index in [2.05, 4.69) is 26.6 Å². The van der Waals surface area contributed by atoms with Gasteiger partial charge in [-0.3, -0.25) is 19.7 Å². The number of amides is 3. The molecule has 5 nitrogen and oxygen atoms in total. The van der Waals surface area contributed by atoms with E-state index in [1.165, 1.54) is 0 Å². The summed E-state index contributed by atoms with van der Waals surface area (Å²) in [6.07, 6.45) is 0.575. The third kappa shape index (κ3) is 3.01. The quantitative estimate of drug-likeness (QED) is 0.805. The Kier molecular flexibility index (Phi) is 3.99. The predicted molar refractivity (Wildman–Crippen MR) is 72.5 cm³/mol. The fraction of sp³-hybridized carbons (Fsp3) is 0.308. The first-order chi connectivity index (χ1) is 8.99. The normalized spacial score (nSPS) is 18.9. The van der Waals surface area contributed by atoms with Gasteiger partial charge in [-0.2, -0.15) is 0 Å². The van der Waals surface area contributed by atoms with Crippen molar-refractivity contribution in [3.8, 4) is 0 Å². The molecular formula is C13H13BrN2O3. The van der Waals surface area contributed by atoms with Crippen LogP contribution in [0.3, 0.4) is 0 Å². The molecule has 0 aromatic heterocycles. The van der Waals surface area contributed by atoms with Gasteiger partial charge in [-0.15, -0.1) is 0 Å². The highest BCUT2D eigenvalue weighted by Gasteiger charge is 2.28. The van der Waals surface area contributed by atoms with Gasteiger partial charge in [-0.25, -0.2) is 0 Å². The van der Waals surface area contributed by atoms with Crippen molar-refractivity contribution >= 4 is 33.7 Å². The number of hydrogen-bond acceptors (Lipinski definition) is 3. The van der Waals surface area contributed by atoms with Gasteiger partial charge in [0.15, 0.2) is 0 Å². The van der Waals surface area contributed by atoms with E-state index in [1.807, 2.05) is 13.0 Å². The minimum Gasteiger partial charge on any atom is -0.340 e. The molecule has 1 aliphatic heterocycles. The summed E-state index contributed by atoms with van der Waals surface area (Å²) in [4.78, 5) is 34.7. The average Bonchev–Trinajstić information content (AvgIpc) is 2.36. The Bertz CT molecular complexity index is 557. The number of rotatable bonds is 2. The van der Waals surface area contributed by atoms with Gasteiger partial charge in [0.2, 0.25) is 11.8 Å². The lowest BCUT2D eigenvalue weighted by molar-refractivity contribution is -0.134. The molecule has 100 valence electrons. The van der Waals surface area contributed by atoms with Crippen molar-refractivity contribution in [3.05, 3.63) is 33.8 Å². The minimum atomic E-state index is -0.655. The average molecular weight is 325 g/mol.